The van der Waals surface area contributed by atoms with Crippen LogP contribution >= 0.6 is 11.8 Å². The van der Waals surface area contributed by atoms with Crippen molar-refractivity contribution < 1.29 is 0 Å². The smallest absolute Gasteiger partial charge is 0.124 e. The first kappa shape index (κ1) is 15.4. The lowest BCUT2D eigenvalue weighted by Crippen LogP contribution is -2.15. The zero-order valence-electron chi connectivity index (χ0n) is 12.9. The van der Waals surface area contributed by atoms with E-state index in [2.05, 4.69) is 52.8 Å². The number of anilines is 1. The molecule has 3 rings (SSSR count). The van der Waals surface area contributed by atoms with E-state index in [9.17, 15) is 0 Å². The van der Waals surface area contributed by atoms with Gasteiger partial charge in [0.25, 0.3) is 0 Å². The van der Waals surface area contributed by atoms with Gasteiger partial charge in [-0.1, -0.05) is 36.3 Å². The van der Waals surface area contributed by atoms with Crippen molar-refractivity contribution in [2.45, 2.75) is 4.90 Å². The van der Waals surface area contributed by atoms with Gasteiger partial charge in [0.1, 0.15) is 12.4 Å². The highest BCUT2D eigenvalue weighted by Crippen LogP contribution is 2.27. The van der Waals surface area contributed by atoms with Gasteiger partial charge < -0.3 is 5.32 Å². The lowest BCUT2D eigenvalue weighted by molar-refractivity contribution is 1.21. The van der Waals surface area contributed by atoms with E-state index in [4.69, 9.17) is 11.4 Å². The van der Waals surface area contributed by atoms with Gasteiger partial charge in [-0.25, -0.2) is 0 Å². The number of amidine groups is 1. The summed E-state index contributed by atoms with van der Waals surface area (Å²) >= 11 is 1.72. The summed E-state index contributed by atoms with van der Waals surface area (Å²) in [6, 6.07) is 16.6. The maximum atomic E-state index is 5.31. The van der Waals surface area contributed by atoms with Crippen LogP contribution in [-0.4, -0.2) is 30.9 Å². The minimum absolute atomic E-state index is 0.358. The van der Waals surface area contributed by atoms with Gasteiger partial charge in [0.15, 0.2) is 0 Å². The highest BCUT2D eigenvalue weighted by molar-refractivity contribution is 7.98. The molecular weight excluding hydrogens is 302 g/mol. The largest absolute Gasteiger partial charge is 0.342 e. The van der Waals surface area contributed by atoms with E-state index >= 15 is 0 Å². The first-order valence-electron chi connectivity index (χ1n) is 7.34. The molecule has 0 unspecified atom stereocenters. The number of aliphatic imine (C=N–C) groups is 2. The zero-order valence-corrected chi connectivity index (χ0v) is 13.7. The molecule has 23 heavy (non-hydrogen) atoms. The molecule has 0 aromatic heterocycles. The molecule has 4 heteroatoms. The summed E-state index contributed by atoms with van der Waals surface area (Å²) in [7, 11) is 0. The van der Waals surface area contributed by atoms with Crippen molar-refractivity contribution in [3.8, 4) is 12.3 Å². The lowest BCUT2D eigenvalue weighted by Gasteiger charge is -2.12. The van der Waals surface area contributed by atoms with E-state index < -0.39 is 0 Å². The van der Waals surface area contributed by atoms with E-state index in [1.54, 1.807) is 11.8 Å². The van der Waals surface area contributed by atoms with Crippen LogP contribution < -0.4 is 5.32 Å². The Bertz CT molecular complexity index is 801. The monoisotopic (exact) mass is 319 g/mol. The molecule has 0 saturated heterocycles. The van der Waals surface area contributed by atoms with Crippen molar-refractivity contribution >= 4 is 29.0 Å². The minimum Gasteiger partial charge on any atom is -0.342 e. The van der Waals surface area contributed by atoms with Gasteiger partial charge in [0.2, 0.25) is 0 Å². The number of fused-ring (bicyclic) bond motifs is 1. The van der Waals surface area contributed by atoms with Gasteiger partial charge in [0.05, 0.1) is 12.3 Å². The molecule has 0 fully saturated rings. The molecule has 0 amide bonds. The second kappa shape index (κ2) is 7.17. The number of thioether (sulfide) groups is 1. The Morgan fingerprint density at radius 3 is 2.83 bits per heavy atom. The van der Waals surface area contributed by atoms with Crippen LogP contribution in [0.2, 0.25) is 0 Å². The number of hydrogen-bond donors (Lipinski definition) is 1. The molecule has 1 aliphatic rings. The maximum absolute atomic E-state index is 5.31. The second-order valence-electron chi connectivity index (χ2n) is 5.03. The van der Waals surface area contributed by atoms with Crippen molar-refractivity contribution in [1.29, 1.82) is 0 Å². The number of benzene rings is 2. The van der Waals surface area contributed by atoms with E-state index in [0.717, 1.165) is 28.4 Å². The summed E-state index contributed by atoms with van der Waals surface area (Å²) in [4.78, 5) is 10.4. The SMILES string of the molecule is C#CCN=C1CN=C(c2ccccc2)c2cc(SC)ccc2N1. The third kappa shape index (κ3) is 3.46. The van der Waals surface area contributed by atoms with Crippen LogP contribution in [0, 0.1) is 12.3 Å². The van der Waals surface area contributed by atoms with E-state index in [-0.39, 0.29) is 0 Å². The van der Waals surface area contributed by atoms with E-state index in [1.165, 1.54) is 4.90 Å². The van der Waals surface area contributed by atoms with Gasteiger partial charge in [-0.05, 0) is 24.5 Å². The number of nitrogens with zero attached hydrogens (tertiary/aromatic N) is 2. The second-order valence-corrected chi connectivity index (χ2v) is 5.91. The number of hydrogen-bond acceptors (Lipinski definition) is 3. The average molecular weight is 319 g/mol. The molecule has 3 nitrogen and oxygen atoms in total. The molecule has 2 aromatic carbocycles. The average Bonchev–Trinajstić information content (AvgIpc) is 2.79. The topological polar surface area (TPSA) is 36.8 Å². The van der Waals surface area contributed by atoms with Crippen molar-refractivity contribution in [2.24, 2.45) is 9.98 Å². The molecule has 0 bridgehead atoms. The molecule has 0 atom stereocenters. The summed E-state index contributed by atoms with van der Waals surface area (Å²) < 4.78 is 0. The van der Waals surface area contributed by atoms with Crippen LogP contribution in [0.3, 0.4) is 0 Å². The highest BCUT2D eigenvalue weighted by atomic mass is 32.2. The molecule has 2 aromatic rings. The predicted octanol–water partition coefficient (Wildman–Crippen LogP) is 3.70. The lowest BCUT2D eigenvalue weighted by atomic mass is 10.0. The van der Waals surface area contributed by atoms with Crippen molar-refractivity contribution in [3.63, 3.8) is 0 Å². The Balaban J connectivity index is 2.12. The minimum atomic E-state index is 0.358. The third-order valence-electron chi connectivity index (χ3n) is 3.56. The maximum Gasteiger partial charge on any atom is 0.124 e. The number of rotatable bonds is 3. The molecule has 1 aliphatic heterocycles. The van der Waals surface area contributed by atoms with Gasteiger partial charge in [-0.15, -0.1) is 18.2 Å². The fourth-order valence-corrected chi connectivity index (χ4v) is 2.90. The van der Waals surface area contributed by atoms with Crippen molar-refractivity contribution in [3.05, 3.63) is 59.7 Å². The van der Waals surface area contributed by atoms with Crippen LogP contribution in [0.25, 0.3) is 0 Å². The number of nitrogens with one attached hydrogen (secondary N) is 1. The molecular formula is C19H17N3S. The predicted molar refractivity (Wildman–Crippen MR) is 99.9 cm³/mol. The molecule has 114 valence electrons. The van der Waals surface area contributed by atoms with Crippen LogP contribution in [-0.2, 0) is 0 Å². The van der Waals surface area contributed by atoms with Crippen molar-refractivity contribution in [1.82, 2.24) is 0 Å². The standard InChI is InChI=1S/C19H17N3S/c1-3-11-20-18-13-21-19(14-7-5-4-6-8-14)16-12-15(23-2)9-10-17(16)22-18/h1,4-10,12H,11,13H2,2H3,(H,20,22). The van der Waals surface area contributed by atoms with Gasteiger partial charge in [-0.2, -0.15) is 0 Å². The Morgan fingerprint density at radius 1 is 1.26 bits per heavy atom. The van der Waals surface area contributed by atoms with Gasteiger partial charge in [0, 0.05) is 21.7 Å². The van der Waals surface area contributed by atoms with E-state index in [0.29, 0.717) is 13.1 Å². The fraction of sp³-hybridized carbons (Fsp3) is 0.158. The first-order valence-corrected chi connectivity index (χ1v) is 8.56. The van der Waals surface area contributed by atoms with E-state index in [1.807, 2.05) is 18.2 Å². The molecule has 0 aliphatic carbocycles. The van der Waals surface area contributed by atoms with Gasteiger partial charge >= 0.3 is 0 Å². The van der Waals surface area contributed by atoms with Crippen LogP contribution in [0.15, 0.2) is 63.4 Å². The molecule has 0 radical (unpaired) electrons. The summed E-state index contributed by atoms with van der Waals surface area (Å²) in [6.45, 7) is 0.853. The summed E-state index contributed by atoms with van der Waals surface area (Å²) in [5.74, 6) is 3.34. The Kier molecular flexibility index (Phi) is 4.80. The first-order chi connectivity index (χ1) is 11.3. The molecule has 0 spiro atoms. The summed E-state index contributed by atoms with van der Waals surface area (Å²) in [5, 5.41) is 3.38. The summed E-state index contributed by atoms with van der Waals surface area (Å²) in [6.07, 6.45) is 7.39. The number of terminal acetylenes is 1. The van der Waals surface area contributed by atoms with Crippen molar-refractivity contribution in [2.75, 3.05) is 24.7 Å². The Morgan fingerprint density at radius 2 is 2.09 bits per heavy atom. The van der Waals surface area contributed by atoms with Crippen LogP contribution in [0.4, 0.5) is 5.69 Å². The fourth-order valence-electron chi connectivity index (χ4n) is 2.46. The molecule has 0 saturated carbocycles. The highest BCUT2D eigenvalue weighted by Gasteiger charge is 2.17. The number of benzodiazepines with no additional fused rings is 1. The Hall–Kier alpha value is -2.51. The molecule has 1 N–H and O–H groups in total. The summed E-state index contributed by atoms with van der Waals surface area (Å²) in [5.41, 5.74) is 4.19. The third-order valence-corrected chi connectivity index (χ3v) is 4.28. The normalized spacial score (nSPS) is 15.1. The van der Waals surface area contributed by atoms with Crippen LogP contribution in [0.1, 0.15) is 11.1 Å². The quantitative estimate of drug-likeness (QED) is 0.692. The molecule has 1 heterocycles. The Labute approximate surface area is 141 Å². The van der Waals surface area contributed by atoms with Gasteiger partial charge in [-0.3, -0.25) is 9.98 Å². The zero-order chi connectivity index (χ0) is 16.1. The van der Waals surface area contributed by atoms with Crippen LogP contribution in [0.5, 0.6) is 0 Å².